The van der Waals surface area contributed by atoms with Gasteiger partial charge in [0.15, 0.2) is 5.75 Å². The minimum absolute atomic E-state index is 0.221. The lowest BCUT2D eigenvalue weighted by Gasteiger charge is -2.07. The maximum Gasteiger partial charge on any atom is 0.312 e. The molecule has 1 aromatic carbocycles. The molecule has 19 heavy (non-hydrogen) atoms. The fourth-order valence-corrected chi connectivity index (χ4v) is 2.63. The number of nitrogens with zero attached hydrogens (tertiary/aromatic N) is 1. The molecule has 0 bridgehead atoms. The average Bonchev–Trinajstić information content (AvgIpc) is 2.37. The Kier molecular flexibility index (Phi) is 4.07. The summed E-state index contributed by atoms with van der Waals surface area (Å²) in [7, 11) is -3.72. The summed E-state index contributed by atoms with van der Waals surface area (Å²) in [6.07, 6.45) is 2.97. The highest BCUT2D eigenvalue weighted by Gasteiger charge is 2.13. The van der Waals surface area contributed by atoms with E-state index in [1.165, 1.54) is 6.08 Å². The van der Waals surface area contributed by atoms with Crippen LogP contribution in [0.4, 0.5) is 0 Å². The standard InChI is InChI=1S/C13H12ClNO3S/c1-10(14)7-9-19(16,17)18-12-6-2-4-11-5-3-8-15-13(11)12/h2-8H,9H2,1H3. The zero-order valence-electron chi connectivity index (χ0n) is 10.2. The first-order chi connectivity index (χ1) is 8.98. The molecule has 0 atom stereocenters. The van der Waals surface area contributed by atoms with Gasteiger partial charge in [-0.1, -0.05) is 35.9 Å². The first-order valence-electron chi connectivity index (χ1n) is 5.56. The minimum atomic E-state index is -3.72. The Morgan fingerprint density at radius 3 is 2.84 bits per heavy atom. The number of halogens is 1. The Hall–Kier alpha value is -1.59. The van der Waals surface area contributed by atoms with Crippen LogP contribution in [0.2, 0.25) is 0 Å². The number of hydrogen-bond donors (Lipinski definition) is 0. The van der Waals surface area contributed by atoms with Crippen LogP contribution in [0.15, 0.2) is 47.6 Å². The van der Waals surface area contributed by atoms with Gasteiger partial charge in [-0.2, -0.15) is 8.42 Å². The molecule has 2 aromatic rings. The van der Waals surface area contributed by atoms with E-state index < -0.39 is 10.1 Å². The van der Waals surface area contributed by atoms with Crippen molar-refractivity contribution in [3.05, 3.63) is 47.6 Å². The largest absolute Gasteiger partial charge is 0.380 e. The van der Waals surface area contributed by atoms with Gasteiger partial charge >= 0.3 is 10.1 Å². The molecule has 100 valence electrons. The second kappa shape index (κ2) is 5.59. The highest BCUT2D eigenvalue weighted by atomic mass is 35.5. The van der Waals surface area contributed by atoms with Crippen LogP contribution in [0.25, 0.3) is 10.9 Å². The summed E-state index contributed by atoms with van der Waals surface area (Å²) in [6.45, 7) is 1.61. The molecule has 0 amide bonds. The molecule has 4 nitrogen and oxygen atoms in total. The molecule has 0 saturated carbocycles. The molecule has 0 radical (unpaired) electrons. The van der Waals surface area contributed by atoms with E-state index in [1.807, 2.05) is 12.1 Å². The van der Waals surface area contributed by atoms with Gasteiger partial charge in [0.25, 0.3) is 0 Å². The number of rotatable bonds is 4. The Morgan fingerprint density at radius 2 is 2.11 bits per heavy atom. The van der Waals surface area contributed by atoms with E-state index in [1.54, 1.807) is 31.3 Å². The van der Waals surface area contributed by atoms with Gasteiger partial charge in [-0.3, -0.25) is 4.98 Å². The van der Waals surface area contributed by atoms with Gasteiger partial charge in [-0.15, -0.1) is 0 Å². The monoisotopic (exact) mass is 297 g/mol. The number of aromatic nitrogens is 1. The van der Waals surface area contributed by atoms with E-state index in [4.69, 9.17) is 15.8 Å². The van der Waals surface area contributed by atoms with Gasteiger partial charge in [0.1, 0.15) is 11.3 Å². The van der Waals surface area contributed by atoms with Crippen molar-refractivity contribution in [1.29, 1.82) is 0 Å². The van der Waals surface area contributed by atoms with Crippen molar-refractivity contribution in [3.8, 4) is 5.75 Å². The van der Waals surface area contributed by atoms with E-state index in [9.17, 15) is 8.42 Å². The fourth-order valence-electron chi connectivity index (χ4n) is 1.53. The fraction of sp³-hybridized carbons (Fsp3) is 0.154. The van der Waals surface area contributed by atoms with Crippen LogP contribution >= 0.6 is 11.6 Å². The number of fused-ring (bicyclic) bond motifs is 1. The molecule has 1 heterocycles. The number of hydrogen-bond acceptors (Lipinski definition) is 4. The summed E-state index contributed by atoms with van der Waals surface area (Å²) in [5, 5.41) is 1.22. The molecule has 0 spiro atoms. The minimum Gasteiger partial charge on any atom is -0.380 e. The van der Waals surface area contributed by atoms with Crippen LogP contribution in [-0.4, -0.2) is 19.2 Å². The van der Waals surface area contributed by atoms with Crippen molar-refractivity contribution in [2.45, 2.75) is 6.92 Å². The molecule has 0 saturated heterocycles. The van der Waals surface area contributed by atoms with Crippen LogP contribution in [-0.2, 0) is 10.1 Å². The molecule has 6 heteroatoms. The molecule has 2 rings (SSSR count). The lowest BCUT2D eigenvalue weighted by atomic mass is 10.2. The van der Waals surface area contributed by atoms with Crippen LogP contribution in [0.3, 0.4) is 0 Å². The molecular formula is C13H12ClNO3S. The molecule has 0 aliphatic carbocycles. The van der Waals surface area contributed by atoms with E-state index in [2.05, 4.69) is 4.98 Å². The summed E-state index contributed by atoms with van der Waals surface area (Å²) in [4.78, 5) is 4.13. The maximum atomic E-state index is 11.8. The van der Waals surface area contributed by atoms with Crippen LogP contribution in [0, 0.1) is 0 Å². The summed E-state index contributed by atoms with van der Waals surface area (Å²) in [6, 6.07) is 8.75. The third kappa shape index (κ3) is 3.68. The summed E-state index contributed by atoms with van der Waals surface area (Å²) >= 11 is 5.61. The van der Waals surface area contributed by atoms with Crippen LogP contribution in [0.1, 0.15) is 6.92 Å². The zero-order valence-corrected chi connectivity index (χ0v) is 11.8. The molecule has 0 fully saturated rings. The first-order valence-corrected chi connectivity index (χ1v) is 7.52. The van der Waals surface area contributed by atoms with Crippen molar-refractivity contribution < 1.29 is 12.6 Å². The first kappa shape index (κ1) is 13.8. The van der Waals surface area contributed by atoms with Gasteiger partial charge in [-0.05, 0) is 19.1 Å². The third-order valence-electron chi connectivity index (χ3n) is 2.38. The van der Waals surface area contributed by atoms with Gasteiger partial charge in [-0.25, -0.2) is 0 Å². The zero-order chi connectivity index (χ0) is 13.9. The average molecular weight is 298 g/mol. The quantitative estimate of drug-likeness (QED) is 0.814. The summed E-state index contributed by atoms with van der Waals surface area (Å²) in [5.41, 5.74) is 0.514. The number of para-hydroxylation sites is 1. The second-order valence-electron chi connectivity index (χ2n) is 3.93. The van der Waals surface area contributed by atoms with Gasteiger partial charge in [0.2, 0.25) is 0 Å². The van der Waals surface area contributed by atoms with Gasteiger partial charge in [0.05, 0.1) is 0 Å². The van der Waals surface area contributed by atoms with Crippen molar-refractivity contribution >= 4 is 32.6 Å². The lowest BCUT2D eigenvalue weighted by Crippen LogP contribution is -2.12. The number of pyridine rings is 1. The Bertz CT molecular complexity index is 716. The van der Waals surface area contributed by atoms with Gasteiger partial charge < -0.3 is 4.18 Å². The van der Waals surface area contributed by atoms with E-state index >= 15 is 0 Å². The van der Waals surface area contributed by atoms with Crippen molar-refractivity contribution in [3.63, 3.8) is 0 Å². The highest BCUT2D eigenvalue weighted by molar-refractivity contribution is 7.87. The molecule has 0 N–H and O–H groups in total. The SMILES string of the molecule is CC(Cl)=CCS(=O)(=O)Oc1cccc2cccnc12. The molecule has 0 aliphatic heterocycles. The normalized spacial score (nSPS) is 12.6. The third-order valence-corrected chi connectivity index (χ3v) is 3.54. The van der Waals surface area contributed by atoms with Crippen LogP contribution in [0.5, 0.6) is 5.75 Å². The number of benzene rings is 1. The van der Waals surface area contributed by atoms with E-state index in [0.717, 1.165) is 5.39 Å². The predicted octanol–water partition coefficient (Wildman–Crippen LogP) is 3.09. The Morgan fingerprint density at radius 1 is 1.37 bits per heavy atom. The second-order valence-corrected chi connectivity index (χ2v) is 6.14. The Labute approximate surface area is 116 Å². The summed E-state index contributed by atoms with van der Waals surface area (Å²) < 4.78 is 28.7. The summed E-state index contributed by atoms with van der Waals surface area (Å²) in [5.74, 6) is -0.0512. The van der Waals surface area contributed by atoms with Gasteiger partial charge in [0, 0.05) is 16.6 Å². The molecule has 1 aromatic heterocycles. The lowest BCUT2D eigenvalue weighted by molar-refractivity contribution is 0.491. The topological polar surface area (TPSA) is 56.3 Å². The maximum absolute atomic E-state index is 11.8. The predicted molar refractivity (Wildman–Crippen MR) is 75.8 cm³/mol. The van der Waals surface area contributed by atoms with Crippen molar-refractivity contribution in [1.82, 2.24) is 4.98 Å². The number of allylic oxidation sites excluding steroid dienone is 1. The van der Waals surface area contributed by atoms with Crippen molar-refractivity contribution in [2.24, 2.45) is 0 Å². The molecule has 0 unspecified atom stereocenters. The van der Waals surface area contributed by atoms with E-state index in [-0.39, 0.29) is 11.5 Å². The smallest absolute Gasteiger partial charge is 0.312 e. The van der Waals surface area contributed by atoms with E-state index in [0.29, 0.717) is 10.5 Å². The Balaban J connectivity index is 2.34. The van der Waals surface area contributed by atoms with Crippen LogP contribution < -0.4 is 4.18 Å². The highest BCUT2D eigenvalue weighted by Crippen LogP contribution is 2.24. The van der Waals surface area contributed by atoms with Crippen molar-refractivity contribution in [2.75, 3.05) is 5.75 Å². The molecule has 0 aliphatic rings. The molecular weight excluding hydrogens is 286 g/mol.